The van der Waals surface area contributed by atoms with Crippen LogP contribution in [0.3, 0.4) is 0 Å². The molecule has 3 N–H and O–H groups in total. The summed E-state index contributed by atoms with van der Waals surface area (Å²) in [5, 5.41) is 0. The van der Waals surface area contributed by atoms with E-state index in [9.17, 15) is 14.4 Å². The molecule has 4 rings (SSSR count). The van der Waals surface area contributed by atoms with Gasteiger partial charge in [-0.25, -0.2) is 4.79 Å². The lowest BCUT2D eigenvalue weighted by Crippen LogP contribution is -2.49. The van der Waals surface area contributed by atoms with Gasteiger partial charge in [-0.2, -0.15) is 0 Å². The molecule has 35 heavy (non-hydrogen) atoms. The first-order valence-corrected chi connectivity index (χ1v) is 12.8. The van der Waals surface area contributed by atoms with E-state index in [4.69, 9.17) is 10.5 Å². The Morgan fingerprint density at radius 1 is 1.20 bits per heavy atom. The number of benzene rings is 1. The molecule has 2 aliphatic rings. The van der Waals surface area contributed by atoms with Crippen LogP contribution in [0.1, 0.15) is 69.9 Å². The van der Waals surface area contributed by atoms with Crippen LogP contribution in [-0.4, -0.2) is 46.6 Å². The van der Waals surface area contributed by atoms with Crippen molar-refractivity contribution in [2.45, 2.75) is 76.9 Å². The van der Waals surface area contributed by atoms with Crippen molar-refractivity contribution in [3.05, 3.63) is 50.7 Å². The second kappa shape index (κ2) is 11.1. The van der Waals surface area contributed by atoms with E-state index in [-0.39, 0.29) is 36.0 Å². The van der Waals surface area contributed by atoms with Crippen LogP contribution in [-0.2, 0) is 11.3 Å². The number of nitrogens with two attached hydrogens (primary N) is 1. The highest BCUT2D eigenvalue weighted by Crippen LogP contribution is 2.35. The normalized spacial score (nSPS) is 18.7. The van der Waals surface area contributed by atoms with Crippen molar-refractivity contribution < 1.29 is 9.53 Å². The summed E-state index contributed by atoms with van der Waals surface area (Å²) in [4.78, 5) is 45.5. The van der Waals surface area contributed by atoms with Crippen molar-refractivity contribution in [2.75, 3.05) is 30.8 Å². The quantitative estimate of drug-likeness (QED) is 0.567. The van der Waals surface area contributed by atoms with Gasteiger partial charge in [0.2, 0.25) is 5.91 Å². The molecule has 2 aromatic rings. The number of unbranched alkanes of at least 4 members (excludes halogenated alkanes) is 1. The van der Waals surface area contributed by atoms with E-state index in [2.05, 4.69) is 16.0 Å². The molecule has 2 heterocycles. The Hall–Kier alpha value is -3.07. The highest BCUT2D eigenvalue weighted by atomic mass is 16.5. The maximum Gasteiger partial charge on any atom is 0.330 e. The minimum Gasteiger partial charge on any atom is -0.497 e. The summed E-state index contributed by atoms with van der Waals surface area (Å²) < 4.78 is 6.79. The third kappa shape index (κ3) is 5.29. The van der Waals surface area contributed by atoms with Crippen LogP contribution in [0.25, 0.3) is 0 Å². The number of carbonyl (C=O) groups is 1. The monoisotopic (exact) mass is 483 g/mol. The number of ether oxygens (including phenoxy) is 1. The molecule has 190 valence electrons. The van der Waals surface area contributed by atoms with Crippen molar-refractivity contribution in [3.8, 4) is 5.75 Å². The molecule has 1 aromatic carbocycles. The summed E-state index contributed by atoms with van der Waals surface area (Å²) in [6.07, 6.45) is 7.21. The molecule has 0 radical (unpaired) electrons. The molecule has 1 atom stereocenters. The predicted octanol–water partition coefficient (Wildman–Crippen LogP) is 3.04. The van der Waals surface area contributed by atoms with Gasteiger partial charge in [0.15, 0.2) is 5.69 Å². The van der Waals surface area contributed by atoms with Gasteiger partial charge in [-0.05, 0) is 56.3 Å². The first-order valence-electron chi connectivity index (χ1n) is 12.8. The number of hydrogen-bond donors (Lipinski definition) is 2. The Morgan fingerprint density at radius 2 is 1.97 bits per heavy atom. The van der Waals surface area contributed by atoms with Gasteiger partial charge in [-0.3, -0.25) is 24.0 Å². The standard InChI is InChI=1S/C26H37N5O4/c1-3-4-15-30-24(27)23(25(33)28-26(30)34)31(19-10-5-6-11-19)22(32)17-29-14-8-13-21(29)18-9-7-12-20(16-18)35-2/h7,9,12,16,19,21H,3-6,8,10-11,13-15,17,27H2,1-2H3,(H,28,33,34). The summed E-state index contributed by atoms with van der Waals surface area (Å²) in [5.74, 6) is 0.727. The molecule has 1 unspecified atom stereocenters. The highest BCUT2D eigenvalue weighted by Gasteiger charge is 2.35. The average molecular weight is 484 g/mol. The Morgan fingerprint density at radius 3 is 2.69 bits per heavy atom. The van der Waals surface area contributed by atoms with E-state index < -0.39 is 11.2 Å². The topological polar surface area (TPSA) is 114 Å². The molecule has 1 aromatic heterocycles. The predicted molar refractivity (Wildman–Crippen MR) is 137 cm³/mol. The fourth-order valence-electron chi connectivity index (χ4n) is 5.51. The minimum atomic E-state index is -0.591. The first kappa shape index (κ1) is 25.0. The van der Waals surface area contributed by atoms with E-state index in [0.717, 1.165) is 69.2 Å². The molecule has 9 nitrogen and oxygen atoms in total. The second-order valence-corrected chi connectivity index (χ2v) is 9.61. The van der Waals surface area contributed by atoms with E-state index in [1.807, 2.05) is 25.1 Å². The van der Waals surface area contributed by atoms with Crippen LogP contribution in [0, 0.1) is 0 Å². The molecule has 1 saturated heterocycles. The summed E-state index contributed by atoms with van der Waals surface area (Å²) in [6.45, 7) is 3.41. The summed E-state index contributed by atoms with van der Waals surface area (Å²) in [7, 11) is 1.65. The number of anilines is 2. The fraction of sp³-hybridized carbons (Fsp3) is 0.577. The number of carbonyl (C=O) groups excluding carboxylic acids is 1. The number of H-pyrrole nitrogens is 1. The molecule has 0 bridgehead atoms. The lowest BCUT2D eigenvalue weighted by atomic mass is 10.0. The van der Waals surface area contributed by atoms with Gasteiger partial charge >= 0.3 is 5.69 Å². The molecule has 1 aliphatic carbocycles. The van der Waals surface area contributed by atoms with Gasteiger partial charge in [0, 0.05) is 18.6 Å². The Kier molecular flexibility index (Phi) is 7.95. The lowest BCUT2D eigenvalue weighted by molar-refractivity contribution is -0.120. The summed E-state index contributed by atoms with van der Waals surface area (Å²) >= 11 is 0. The molecule has 1 amide bonds. The van der Waals surface area contributed by atoms with Crippen LogP contribution in [0.2, 0.25) is 0 Å². The zero-order valence-electron chi connectivity index (χ0n) is 20.8. The number of nitrogens with one attached hydrogen (secondary N) is 1. The van der Waals surface area contributed by atoms with Crippen molar-refractivity contribution in [2.24, 2.45) is 0 Å². The molecular weight excluding hydrogens is 446 g/mol. The number of hydrogen-bond acceptors (Lipinski definition) is 6. The molecule has 1 saturated carbocycles. The maximum absolute atomic E-state index is 13.9. The number of nitrogens with zero attached hydrogens (tertiary/aromatic N) is 3. The van der Waals surface area contributed by atoms with Crippen LogP contribution in [0.5, 0.6) is 5.75 Å². The van der Waals surface area contributed by atoms with Crippen molar-refractivity contribution in [1.82, 2.24) is 14.5 Å². The van der Waals surface area contributed by atoms with Crippen LogP contribution >= 0.6 is 0 Å². The average Bonchev–Trinajstić information content (AvgIpc) is 3.54. The zero-order chi connectivity index (χ0) is 24.9. The van der Waals surface area contributed by atoms with Gasteiger partial charge < -0.3 is 15.4 Å². The van der Waals surface area contributed by atoms with E-state index >= 15 is 0 Å². The number of amides is 1. The van der Waals surface area contributed by atoms with Gasteiger partial charge in [-0.1, -0.05) is 38.3 Å². The van der Waals surface area contributed by atoms with Gasteiger partial charge in [-0.15, -0.1) is 0 Å². The SMILES string of the molecule is CCCCn1c(N)c(N(C(=O)CN2CCCC2c2cccc(OC)c2)C2CCCC2)c(=O)[nH]c1=O. The Balaban J connectivity index is 1.66. The summed E-state index contributed by atoms with van der Waals surface area (Å²) in [6, 6.07) is 7.98. The third-order valence-corrected chi connectivity index (χ3v) is 7.33. The van der Waals surface area contributed by atoms with Gasteiger partial charge in [0.05, 0.1) is 13.7 Å². The largest absolute Gasteiger partial charge is 0.497 e. The zero-order valence-corrected chi connectivity index (χ0v) is 20.8. The van der Waals surface area contributed by atoms with Crippen molar-refractivity contribution in [1.29, 1.82) is 0 Å². The van der Waals surface area contributed by atoms with E-state index in [1.165, 1.54) is 4.57 Å². The first-order chi connectivity index (χ1) is 16.9. The van der Waals surface area contributed by atoms with Crippen LogP contribution in [0.15, 0.2) is 33.9 Å². The smallest absolute Gasteiger partial charge is 0.330 e. The fourth-order valence-corrected chi connectivity index (χ4v) is 5.51. The van der Waals surface area contributed by atoms with Crippen LogP contribution < -0.4 is 26.6 Å². The molecule has 2 fully saturated rings. The number of methoxy groups -OCH3 is 1. The van der Waals surface area contributed by atoms with E-state index in [0.29, 0.717) is 6.54 Å². The second-order valence-electron chi connectivity index (χ2n) is 9.61. The van der Waals surface area contributed by atoms with E-state index in [1.54, 1.807) is 12.0 Å². The minimum absolute atomic E-state index is 0.0817. The Bertz CT molecular complexity index is 1150. The number of rotatable bonds is 9. The number of aromatic amines is 1. The van der Waals surface area contributed by atoms with Crippen molar-refractivity contribution >= 4 is 17.4 Å². The molecular formula is C26H37N5O4. The third-order valence-electron chi connectivity index (χ3n) is 7.33. The molecule has 9 heteroatoms. The number of likely N-dealkylation sites (tertiary alicyclic amines) is 1. The maximum atomic E-state index is 13.9. The summed E-state index contributed by atoms with van der Waals surface area (Å²) in [5.41, 5.74) is 6.53. The Labute approximate surface area is 205 Å². The van der Waals surface area contributed by atoms with Crippen molar-refractivity contribution in [3.63, 3.8) is 0 Å². The number of aromatic nitrogens is 2. The lowest BCUT2D eigenvalue weighted by Gasteiger charge is -2.33. The van der Waals surface area contributed by atoms with Gasteiger partial charge in [0.25, 0.3) is 5.56 Å². The molecule has 0 spiro atoms. The van der Waals surface area contributed by atoms with Gasteiger partial charge in [0.1, 0.15) is 11.6 Å². The molecule has 1 aliphatic heterocycles. The number of nitrogen functional groups attached to an aromatic ring is 1. The van der Waals surface area contributed by atoms with Crippen LogP contribution in [0.4, 0.5) is 11.5 Å². The highest BCUT2D eigenvalue weighted by molar-refractivity contribution is 5.97.